The summed E-state index contributed by atoms with van der Waals surface area (Å²) < 4.78 is 16.5. The van der Waals surface area contributed by atoms with Gasteiger partial charge in [0.1, 0.15) is 5.82 Å². The number of carboxylic acids is 3. The Hall–Kier alpha value is -4.29. The number of aliphatic hydroxyl groups is 1. The van der Waals surface area contributed by atoms with Gasteiger partial charge in [-0.1, -0.05) is 31.9 Å². The third-order valence-electron chi connectivity index (χ3n) is 9.59. The number of carboxylic acid groups (broad SMARTS) is 3. The highest BCUT2D eigenvalue weighted by Crippen LogP contribution is 2.44. The van der Waals surface area contributed by atoms with Crippen molar-refractivity contribution in [2.75, 3.05) is 14.1 Å². The van der Waals surface area contributed by atoms with Crippen molar-refractivity contribution in [2.24, 2.45) is 0 Å². The Morgan fingerprint density at radius 3 is 2.32 bits per heavy atom. The van der Waals surface area contributed by atoms with Gasteiger partial charge < -0.3 is 34.9 Å². The highest BCUT2D eigenvalue weighted by Gasteiger charge is 2.41. The van der Waals surface area contributed by atoms with Gasteiger partial charge >= 0.3 is 17.9 Å². The molecule has 2 heterocycles. The third kappa shape index (κ3) is 8.36. The van der Waals surface area contributed by atoms with Gasteiger partial charge in [0.15, 0.2) is 5.60 Å². The molecule has 2 aromatic heterocycles. The molecule has 0 spiro atoms. The molecule has 1 fully saturated rings. The van der Waals surface area contributed by atoms with E-state index in [2.05, 4.69) is 58.7 Å². The van der Waals surface area contributed by atoms with Gasteiger partial charge in [-0.05, 0) is 94.4 Å². The SMILES string of the molecule is CCCCC1(N(C)C)CCC(c2[nH]c3ccc(F)cc3c2CCn2cnc3ccccc32)CC1.O=C(O)CC(O)(CC(=O)O)C(=O)O. The van der Waals surface area contributed by atoms with Crippen molar-refractivity contribution in [3.05, 3.63) is 65.9 Å². The van der Waals surface area contributed by atoms with E-state index in [1.807, 2.05) is 18.5 Å². The molecule has 0 atom stereocenters. The van der Waals surface area contributed by atoms with Crippen LogP contribution in [0.2, 0.25) is 0 Å². The second-order valence-electron chi connectivity index (χ2n) is 12.9. The molecule has 1 saturated carbocycles. The van der Waals surface area contributed by atoms with Crippen LogP contribution in [0.25, 0.3) is 21.9 Å². The summed E-state index contributed by atoms with van der Waals surface area (Å²) >= 11 is 0. The Morgan fingerprint density at radius 2 is 1.72 bits per heavy atom. The lowest BCUT2D eigenvalue weighted by atomic mass is 9.72. The zero-order valence-electron chi connectivity index (χ0n) is 27.2. The van der Waals surface area contributed by atoms with Gasteiger partial charge in [-0.15, -0.1) is 0 Å². The fourth-order valence-electron chi connectivity index (χ4n) is 6.86. The molecule has 5 rings (SSSR count). The highest BCUT2D eigenvalue weighted by atomic mass is 19.1. The van der Waals surface area contributed by atoms with Crippen molar-refractivity contribution in [3.63, 3.8) is 0 Å². The molecule has 0 aliphatic heterocycles. The predicted octanol–water partition coefficient (Wildman–Crippen LogP) is 5.80. The summed E-state index contributed by atoms with van der Waals surface area (Å²) in [6.45, 7) is 3.12. The molecule has 4 aromatic rings. The molecule has 0 unspecified atom stereocenters. The molecule has 47 heavy (non-hydrogen) atoms. The van der Waals surface area contributed by atoms with E-state index >= 15 is 0 Å². The molecular weight excluding hydrogens is 607 g/mol. The number of rotatable bonds is 13. The summed E-state index contributed by atoms with van der Waals surface area (Å²) in [5.41, 5.74) is 3.41. The second kappa shape index (κ2) is 15.1. The standard InChI is InChI=1S/C29H37FN4.C6H8O7/c1-4-5-15-29(33(2)3)16-12-21(13-17-29)28-23(24-19-22(30)10-11-25(24)32-28)14-18-34-20-31-26-8-6-7-9-27(26)34;7-3(8)1-6(13,5(11)12)2-4(9)10/h6-11,19-21,32H,4-5,12-18H2,1-3H3;13H,1-2H2,(H,7,8)(H,9,10)(H,11,12). The molecule has 0 saturated heterocycles. The number of aryl methyl sites for hydroxylation is 2. The Morgan fingerprint density at radius 1 is 1.06 bits per heavy atom. The number of nitrogens with one attached hydrogen (secondary N) is 1. The largest absolute Gasteiger partial charge is 0.481 e. The van der Waals surface area contributed by atoms with Crippen molar-refractivity contribution in [3.8, 4) is 0 Å². The number of fused-ring (bicyclic) bond motifs is 2. The molecular formula is C35H45FN4O7. The Balaban J connectivity index is 0.000000328. The van der Waals surface area contributed by atoms with Gasteiger partial charge in [-0.2, -0.15) is 0 Å². The Kier molecular flexibility index (Phi) is 11.4. The minimum atomic E-state index is -2.74. The molecule has 0 radical (unpaired) electrons. The molecule has 11 nitrogen and oxygen atoms in total. The van der Waals surface area contributed by atoms with E-state index in [4.69, 9.17) is 20.4 Å². The fourth-order valence-corrected chi connectivity index (χ4v) is 6.86. The molecule has 0 bridgehead atoms. The van der Waals surface area contributed by atoms with Crippen LogP contribution in [0.3, 0.4) is 0 Å². The average molecular weight is 653 g/mol. The van der Waals surface area contributed by atoms with E-state index in [0.717, 1.165) is 34.9 Å². The minimum absolute atomic E-state index is 0.165. The maximum absolute atomic E-state index is 14.3. The topological polar surface area (TPSA) is 169 Å². The Labute approximate surface area is 273 Å². The minimum Gasteiger partial charge on any atom is -0.481 e. The van der Waals surface area contributed by atoms with Crippen molar-refractivity contribution in [1.29, 1.82) is 0 Å². The monoisotopic (exact) mass is 652 g/mol. The van der Waals surface area contributed by atoms with Gasteiger partial charge in [0.25, 0.3) is 0 Å². The number of nitrogens with zero attached hydrogens (tertiary/aromatic N) is 3. The van der Waals surface area contributed by atoms with Crippen LogP contribution in [-0.4, -0.2) is 83.0 Å². The number of benzene rings is 2. The smallest absolute Gasteiger partial charge is 0.336 e. The highest BCUT2D eigenvalue weighted by molar-refractivity contribution is 5.88. The van der Waals surface area contributed by atoms with Gasteiger partial charge in [-0.3, -0.25) is 9.59 Å². The summed E-state index contributed by atoms with van der Waals surface area (Å²) in [5, 5.41) is 34.8. The van der Waals surface area contributed by atoms with Gasteiger partial charge in [-0.25, -0.2) is 14.2 Å². The first kappa shape index (κ1) is 35.6. The van der Waals surface area contributed by atoms with E-state index in [0.29, 0.717) is 11.5 Å². The number of carbonyl (C=O) groups is 3. The van der Waals surface area contributed by atoms with Crippen molar-refractivity contribution < 1.29 is 39.2 Å². The number of unbranched alkanes of at least 4 members (excludes halogenated alkanes) is 1. The molecule has 254 valence electrons. The van der Waals surface area contributed by atoms with Gasteiger partial charge in [0.2, 0.25) is 0 Å². The van der Waals surface area contributed by atoms with Crippen molar-refractivity contribution in [2.45, 2.75) is 94.7 Å². The van der Waals surface area contributed by atoms with E-state index in [9.17, 15) is 18.8 Å². The first-order chi connectivity index (χ1) is 22.3. The average Bonchev–Trinajstić information content (AvgIpc) is 3.59. The number of halogens is 1. The van der Waals surface area contributed by atoms with Crippen LogP contribution in [0.4, 0.5) is 4.39 Å². The molecule has 5 N–H and O–H groups in total. The third-order valence-corrected chi connectivity index (χ3v) is 9.59. The second-order valence-corrected chi connectivity index (χ2v) is 12.9. The van der Waals surface area contributed by atoms with Crippen LogP contribution in [0, 0.1) is 5.82 Å². The number of H-pyrrole nitrogens is 1. The zero-order valence-corrected chi connectivity index (χ0v) is 27.2. The number of aromatic amines is 1. The lowest BCUT2D eigenvalue weighted by Gasteiger charge is -2.45. The number of para-hydroxylation sites is 2. The zero-order chi connectivity index (χ0) is 34.4. The van der Waals surface area contributed by atoms with Gasteiger partial charge in [0.05, 0.1) is 30.2 Å². The summed E-state index contributed by atoms with van der Waals surface area (Å²) in [5.74, 6) is -4.68. The van der Waals surface area contributed by atoms with E-state index < -0.39 is 36.4 Å². The maximum atomic E-state index is 14.3. The van der Waals surface area contributed by atoms with Crippen molar-refractivity contribution >= 4 is 39.8 Å². The van der Waals surface area contributed by atoms with Crippen LogP contribution in [0.1, 0.15) is 81.9 Å². The van der Waals surface area contributed by atoms with Crippen LogP contribution >= 0.6 is 0 Å². The first-order valence-corrected chi connectivity index (χ1v) is 16.0. The van der Waals surface area contributed by atoms with Crippen LogP contribution in [-0.2, 0) is 27.3 Å². The summed E-state index contributed by atoms with van der Waals surface area (Å²) in [6.07, 6.45) is 9.13. The number of aromatic nitrogens is 3. The van der Waals surface area contributed by atoms with Crippen LogP contribution in [0.15, 0.2) is 48.8 Å². The number of hydrogen-bond donors (Lipinski definition) is 5. The molecule has 1 aliphatic rings. The van der Waals surface area contributed by atoms with Crippen LogP contribution in [0.5, 0.6) is 0 Å². The molecule has 2 aromatic carbocycles. The summed E-state index contributed by atoms with van der Waals surface area (Å²) in [6, 6.07) is 13.4. The molecule has 1 aliphatic carbocycles. The van der Waals surface area contributed by atoms with Crippen molar-refractivity contribution in [1.82, 2.24) is 19.4 Å². The first-order valence-electron chi connectivity index (χ1n) is 16.0. The molecule has 0 amide bonds. The quantitative estimate of drug-likeness (QED) is 0.120. The Bertz CT molecular complexity index is 1690. The normalized spacial score (nSPS) is 18.3. The lowest BCUT2D eigenvalue weighted by molar-refractivity contribution is -0.170. The van der Waals surface area contributed by atoms with Crippen LogP contribution < -0.4 is 0 Å². The number of aliphatic carboxylic acids is 3. The lowest BCUT2D eigenvalue weighted by Crippen LogP contribution is -2.46. The van der Waals surface area contributed by atoms with E-state index in [-0.39, 0.29) is 5.82 Å². The maximum Gasteiger partial charge on any atom is 0.336 e. The predicted molar refractivity (Wildman–Crippen MR) is 176 cm³/mol. The fraction of sp³-hybridized carbons (Fsp3) is 0.486. The summed E-state index contributed by atoms with van der Waals surface area (Å²) in [4.78, 5) is 41.2. The number of hydrogen-bond acceptors (Lipinski definition) is 6. The summed E-state index contributed by atoms with van der Waals surface area (Å²) in [7, 11) is 4.51. The number of imidazole rings is 1. The van der Waals surface area contributed by atoms with E-state index in [1.54, 1.807) is 12.1 Å². The molecule has 12 heteroatoms. The van der Waals surface area contributed by atoms with Gasteiger partial charge in [0, 0.05) is 28.7 Å². The van der Waals surface area contributed by atoms with E-state index in [1.165, 1.54) is 56.2 Å².